The Morgan fingerprint density at radius 1 is 1.22 bits per heavy atom. The molecule has 5 nitrogen and oxygen atoms in total. The van der Waals surface area contributed by atoms with Crippen LogP contribution in [0.25, 0.3) is 6.08 Å². The molecule has 1 atom stereocenters. The Hall–Kier alpha value is -2.77. The van der Waals surface area contributed by atoms with E-state index in [1.807, 2.05) is 35.7 Å². The minimum absolute atomic E-state index is 0.0691. The molecular weight excluding hydrogens is 440 g/mol. The zero-order valence-electron chi connectivity index (χ0n) is 18.8. The average molecular weight is 467 g/mol. The van der Waals surface area contributed by atoms with E-state index in [1.54, 1.807) is 18.4 Å². The maximum Gasteiger partial charge on any atom is 0.338 e. The van der Waals surface area contributed by atoms with Crippen LogP contribution in [0.4, 0.5) is 0 Å². The summed E-state index contributed by atoms with van der Waals surface area (Å²) in [6.45, 7) is 10.4. The predicted octanol–water partition coefficient (Wildman–Crippen LogP) is 4.16. The van der Waals surface area contributed by atoms with Gasteiger partial charge in [-0.2, -0.15) is 0 Å². The molecule has 1 aliphatic rings. The first-order valence-corrected chi connectivity index (χ1v) is 12.2. The number of ether oxygens (including phenoxy) is 1. The SMILES string of the molecule is CCOC(=O)C1=C(C)N=c2sc(=Cc3ccc(C(C)(C)C)cc3)c(=O)n2C1c1cccs1. The van der Waals surface area contributed by atoms with E-state index in [0.717, 1.165) is 10.4 Å². The quantitative estimate of drug-likeness (QED) is 0.543. The van der Waals surface area contributed by atoms with Crippen molar-refractivity contribution in [1.29, 1.82) is 0 Å². The lowest BCUT2D eigenvalue weighted by atomic mass is 9.87. The average Bonchev–Trinajstić information content (AvgIpc) is 3.36. The first kappa shape index (κ1) is 22.4. The highest BCUT2D eigenvalue weighted by atomic mass is 32.1. The number of hydrogen-bond donors (Lipinski definition) is 0. The summed E-state index contributed by atoms with van der Waals surface area (Å²) in [6.07, 6.45) is 1.89. The number of thiazole rings is 1. The van der Waals surface area contributed by atoms with Crippen LogP contribution in [0.1, 0.15) is 56.7 Å². The van der Waals surface area contributed by atoms with Crippen LogP contribution in [-0.2, 0) is 14.9 Å². The number of rotatable bonds is 4. The van der Waals surface area contributed by atoms with Gasteiger partial charge in [-0.15, -0.1) is 11.3 Å². The lowest BCUT2D eigenvalue weighted by Gasteiger charge is -2.23. The van der Waals surface area contributed by atoms with Gasteiger partial charge in [-0.1, -0.05) is 62.4 Å². The summed E-state index contributed by atoms with van der Waals surface area (Å²) >= 11 is 2.86. The maximum absolute atomic E-state index is 13.5. The molecule has 3 heterocycles. The molecule has 0 N–H and O–H groups in total. The van der Waals surface area contributed by atoms with E-state index in [9.17, 15) is 9.59 Å². The second-order valence-electron chi connectivity index (χ2n) is 8.69. The summed E-state index contributed by atoms with van der Waals surface area (Å²) in [5.41, 5.74) is 3.12. The summed E-state index contributed by atoms with van der Waals surface area (Å²) in [6, 6.07) is 11.6. The molecule has 0 fully saturated rings. The highest BCUT2D eigenvalue weighted by molar-refractivity contribution is 7.10. The van der Waals surface area contributed by atoms with Gasteiger partial charge >= 0.3 is 5.97 Å². The smallest absolute Gasteiger partial charge is 0.338 e. The highest BCUT2D eigenvalue weighted by Crippen LogP contribution is 2.33. The van der Waals surface area contributed by atoms with Gasteiger partial charge in [-0.05, 0) is 47.9 Å². The second-order valence-corrected chi connectivity index (χ2v) is 10.7. The van der Waals surface area contributed by atoms with Gasteiger partial charge in [0.2, 0.25) is 0 Å². The molecule has 0 bridgehead atoms. The van der Waals surface area contributed by atoms with Gasteiger partial charge in [-0.25, -0.2) is 9.79 Å². The van der Waals surface area contributed by atoms with E-state index in [0.29, 0.717) is 20.6 Å². The number of aromatic nitrogens is 1. The fourth-order valence-corrected chi connectivity index (χ4v) is 5.61. The molecule has 1 unspecified atom stereocenters. The molecule has 1 aromatic carbocycles. The highest BCUT2D eigenvalue weighted by Gasteiger charge is 2.33. The molecule has 0 saturated heterocycles. The van der Waals surface area contributed by atoms with Crippen molar-refractivity contribution in [2.45, 2.75) is 46.1 Å². The molecular formula is C25H26N2O3S2. The molecule has 166 valence electrons. The Kier molecular flexibility index (Phi) is 6.05. The monoisotopic (exact) mass is 466 g/mol. The molecule has 0 aliphatic carbocycles. The van der Waals surface area contributed by atoms with Crippen molar-refractivity contribution in [3.05, 3.63) is 88.7 Å². The number of carbonyl (C=O) groups is 1. The molecule has 0 spiro atoms. The molecule has 4 rings (SSSR count). The van der Waals surface area contributed by atoms with Gasteiger partial charge in [0.15, 0.2) is 4.80 Å². The van der Waals surface area contributed by atoms with Crippen molar-refractivity contribution >= 4 is 34.7 Å². The van der Waals surface area contributed by atoms with Crippen LogP contribution >= 0.6 is 22.7 Å². The van der Waals surface area contributed by atoms with Gasteiger partial charge < -0.3 is 4.74 Å². The third-order valence-electron chi connectivity index (χ3n) is 5.40. The Morgan fingerprint density at radius 3 is 2.53 bits per heavy atom. The van der Waals surface area contributed by atoms with E-state index < -0.39 is 12.0 Å². The first-order valence-electron chi connectivity index (χ1n) is 10.5. The largest absolute Gasteiger partial charge is 0.463 e. The van der Waals surface area contributed by atoms with E-state index in [2.05, 4.69) is 37.9 Å². The van der Waals surface area contributed by atoms with Crippen LogP contribution in [0.2, 0.25) is 0 Å². The van der Waals surface area contributed by atoms with Crippen LogP contribution in [0, 0.1) is 0 Å². The summed E-state index contributed by atoms with van der Waals surface area (Å²) in [7, 11) is 0. The maximum atomic E-state index is 13.5. The standard InChI is InChI=1S/C25H26N2O3S2/c1-6-30-23(29)20-15(2)26-24-27(21(20)18-8-7-13-31-18)22(28)19(32-24)14-16-9-11-17(12-10-16)25(3,4)5/h7-14,21H,6H2,1-5H3. The molecule has 7 heteroatoms. The van der Waals surface area contributed by atoms with Crippen molar-refractivity contribution in [3.8, 4) is 0 Å². The van der Waals surface area contributed by atoms with Crippen LogP contribution < -0.4 is 14.9 Å². The lowest BCUT2D eigenvalue weighted by molar-refractivity contribution is -0.139. The summed E-state index contributed by atoms with van der Waals surface area (Å²) < 4.78 is 7.52. The van der Waals surface area contributed by atoms with E-state index in [4.69, 9.17) is 4.74 Å². The Bertz CT molecular complexity index is 1350. The van der Waals surface area contributed by atoms with Crippen LogP contribution in [0.15, 0.2) is 62.8 Å². The van der Waals surface area contributed by atoms with Gasteiger partial charge in [0.05, 0.1) is 22.4 Å². The molecule has 0 radical (unpaired) electrons. The van der Waals surface area contributed by atoms with Gasteiger partial charge in [0.1, 0.15) is 6.04 Å². The van der Waals surface area contributed by atoms with Crippen LogP contribution in [0.3, 0.4) is 0 Å². The topological polar surface area (TPSA) is 60.7 Å². The normalized spacial score (nSPS) is 16.7. The number of esters is 1. The summed E-state index contributed by atoms with van der Waals surface area (Å²) in [5.74, 6) is -0.431. The van der Waals surface area contributed by atoms with E-state index >= 15 is 0 Å². The summed E-state index contributed by atoms with van der Waals surface area (Å²) in [5, 5.41) is 1.94. The van der Waals surface area contributed by atoms with Crippen molar-refractivity contribution in [2.75, 3.05) is 6.61 Å². The number of nitrogens with zero attached hydrogens (tertiary/aromatic N) is 2. The van der Waals surface area contributed by atoms with Gasteiger partial charge in [-0.3, -0.25) is 9.36 Å². The third-order valence-corrected chi connectivity index (χ3v) is 7.31. The second kappa shape index (κ2) is 8.64. The third kappa shape index (κ3) is 4.14. The van der Waals surface area contributed by atoms with Crippen molar-refractivity contribution in [1.82, 2.24) is 4.57 Å². The minimum Gasteiger partial charge on any atom is -0.463 e. The molecule has 2 aromatic heterocycles. The Morgan fingerprint density at radius 2 is 1.94 bits per heavy atom. The first-order chi connectivity index (χ1) is 15.2. The molecule has 0 amide bonds. The number of benzene rings is 1. The van der Waals surface area contributed by atoms with E-state index in [-0.39, 0.29) is 17.6 Å². The van der Waals surface area contributed by atoms with Gasteiger partial charge in [0.25, 0.3) is 5.56 Å². The Labute approximate surface area is 195 Å². The fraction of sp³-hybridized carbons (Fsp3) is 0.320. The number of fused-ring (bicyclic) bond motifs is 1. The number of hydrogen-bond acceptors (Lipinski definition) is 6. The Balaban J connectivity index is 1.86. The number of allylic oxidation sites excluding steroid dienone is 1. The van der Waals surface area contributed by atoms with E-state index in [1.165, 1.54) is 28.2 Å². The summed E-state index contributed by atoms with van der Waals surface area (Å²) in [4.78, 5) is 32.4. The van der Waals surface area contributed by atoms with Crippen LogP contribution in [0.5, 0.6) is 0 Å². The molecule has 32 heavy (non-hydrogen) atoms. The van der Waals surface area contributed by atoms with Crippen molar-refractivity contribution in [3.63, 3.8) is 0 Å². The molecule has 0 saturated carbocycles. The number of carbonyl (C=O) groups excluding carboxylic acids is 1. The molecule has 1 aliphatic heterocycles. The lowest BCUT2D eigenvalue weighted by Crippen LogP contribution is -2.39. The zero-order chi connectivity index (χ0) is 23.0. The number of thiophene rings is 1. The fourth-order valence-electron chi connectivity index (χ4n) is 3.74. The molecule has 3 aromatic rings. The van der Waals surface area contributed by atoms with Crippen molar-refractivity contribution < 1.29 is 9.53 Å². The van der Waals surface area contributed by atoms with Gasteiger partial charge in [0, 0.05) is 4.88 Å². The minimum atomic E-state index is -0.532. The zero-order valence-corrected chi connectivity index (χ0v) is 20.5. The van der Waals surface area contributed by atoms with Crippen molar-refractivity contribution in [2.24, 2.45) is 4.99 Å². The predicted molar refractivity (Wildman–Crippen MR) is 130 cm³/mol. The van der Waals surface area contributed by atoms with Crippen LogP contribution in [-0.4, -0.2) is 17.1 Å².